The van der Waals surface area contributed by atoms with Crippen LogP contribution in [-0.2, 0) is 4.74 Å². The predicted octanol–water partition coefficient (Wildman–Crippen LogP) is 2.77. The van der Waals surface area contributed by atoms with Gasteiger partial charge in [0.15, 0.2) is 0 Å². The molecule has 1 fully saturated rings. The summed E-state index contributed by atoms with van der Waals surface area (Å²) in [4.78, 5) is 13.9. The van der Waals surface area contributed by atoms with E-state index in [1.165, 1.54) is 0 Å². The normalized spacial score (nSPS) is 25.4. The number of nitrogens with zero attached hydrogens (tertiary/aromatic N) is 1. The number of carbonyl (C=O) groups is 1. The SMILES string of the molecule is CC(C)N[C@]1(C)CCCN(C(=O)OC(C)(C)C)C1. The van der Waals surface area contributed by atoms with Crippen molar-refractivity contribution >= 4 is 6.09 Å². The lowest BCUT2D eigenvalue weighted by atomic mass is 9.90. The van der Waals surface area contributed by atoms with E-state index < -0.39 is 5.60 Å². The molecule has 4 heteroatoms. The summed E-state index contributed by atoms with van der Waals surface area (Å²) in [7, 11) is 0. The smallest absolute Gasteiger partial charge is 0.410 e. The first-order chi connectivity index (χ1) is 8.11. The van der Waals surface area contributed by atoms with Gasteiger partial charge in [-0.25, -0.2) is 4.79 Å². The molecule has 0 aliphatic carbocycles. The molecule has 1 rings (SSSR count). The summed E-state index contributed by atoms with van der Waals surface area (Å²) >= 11 is 0. The summed E-state index contributed by atoms with van der Waals surface area (Å²) in [6.45, 7) is 13.7. The molecule has 0 aromatic heterocycles. The number of hydrogen-bond donors (Lipinski definition) is 1. The summed E-state index contributed by atoms with van der Waals surface area (Å²) in [5.41, 5.74) is -0.417. The number of ether oxygens (including phenoxy) is 1. The molecule has 4 nitrogen and oxygen atoms in total. The molecular weight excluding hydrogens is 228 g/mol. The average molecular weight is 256 g/mol. The fourth-order valence-electron chi connectivity index (χ4n) is 2.54. The van der Waals surface area contributed by atoms with Gasteiger partial charge in [-0.2, -0.15) is 0 Å². The second kappa shape index (κ2) is 5.47. The van der Waals surface area contributed by atoms with Crippen molar-refractivity contribution in [2.24, 2.45) is 0 Å². The molecule has 0 aromatic carbocycles. The second-order valence-corrected chi connectivity index (χ2v) is 6.87. The van der Waals surface area contributed by atoms with E-state index in [9.17, 15) is 4.79 Å². The lowest BCUT2D eigenvalue weighted by molar-refractivity contribution is 0.0116. The Morgan fingerprint density at radius 2 is 2.00 bits per heavy atom. The van der Waals surface area contributed by atoms with Gasteiger partial charge in [-0.15, -0.1) is 0 Å². The molecule has 1 N–H and O–H groups in total. The fraction of sp³-hybridized carbons (Fsp3) is 0.929. The van der Waals surface area contributed by atoms with Crippen LogP contribution in [0.25, 0.3) is 0 Å². The monoisotopic (exact) mass is 256 g/mol. The van der Waals surface area contributed by atoms with Crippen molar-refractivity contribution in [1.82, 2.24) is 10.2 Å². The number of piperidine rings is 1. The van der Waals surface area contributed by atoms with Gasteiger partial charge in [0.05, 0.1) is 0 Å². The van der Waals surface area contributed by atoms with Crippen molar-refractivity contribution in [1.29, 1.82) is 0 Å². The van der Waals surface area contributed by atoms with Crippen LogP contribution in [0.1, 0.15) is 54.4 Å². The van der Waals surface area contributed by atoms with E-state index in [4.69, 9.17) is 4.74 Å². The molecule has 0 spiro atoms. The number of hydrogen-bond acceptors (Lipinski definition) is 3. The van der Waals surface area contributed by atoms with Gasteiger partial charge in [0.25, 0.3) is 0 Å². The number of amides is 1. The number of nitrogens with one attached hydrogen (secondary N) is 1. The third kappa shape index (κ3) is 4.84. The maximum absolute atomic E-state index is 12.1. The molecule has 0 aromatic rings. The Hall–Kier alpha value is -0.770. The third-order valence-corrected chi connectivity index (χ3v) is 2.99. The van der Waals surface area contributed by atoms with Crippen LogP contribution in [0.4, 0.5) is 4.79 Å². The maximum atomic E-state index is 12.1. The van der Waals surface area contributed by atoms with Crippen LogP contribution in [0.5, 0.6) is 0 Å². The minimum atomic E-state index is -0.420. The van der Waals surface area contributed by atoms with Crippen molar-refractivity contribution in [3.8, 4) is 0 Å². The Kier molecular flexibility index (Phi) is 4.65. The van der Waals surface area contributed by atoms with Crippen LogP contribution >= 0.6 is 0 Å². The summed E-state index contributed by atoms with van der Waals surface area (Å²) < 4.78 is 5.43. The zero-order valence-electron chi connectivity index (χ0n) is 12.7. The molecule has 18 heavy (non-hydrogen) atoms. The Labute approximate surface area is 111 Å². The summed E-state index contributed by atoms with van der Waals surface area (Å²) in [6.07, 6.45) is 1.93. The second-order valence-electron chi connectivity index (χ2n) is 6.87. The van der Waals surface area contributed by atoms with E-state index in [1.807, 2.05) is 25.7 Å². The first-order valence-corrected chi connectivity index (χ1v) is 6.87. The van der Waals surface area contributed by atoms with E-state index in [0.717, 1.165) is 25.9 Å². The lowest BCUT2D eigenvalue weighted by Crippen LogP contribution is -2.58. The van der Waals surface area contributed by atoms with Gasteiger partial charge in [-0.3, -0.25) is 0 Å². The highest BCUT2D eigenvalue weighted by Crippen LogP contribution is 2.23. The number of carbonyl (C=O) groups excluding carboxylic acids is 1. The molecule has 0 unspecified atom stereocenters. The quantitative estimate of drug-likeness (QED) is 0.826. The number of likely N-dealkylation sites (tertiary alicyclic amines) is 1. The molecule has 0 saturated carbocycles. The van der Waals surface area contributed by atoms with Crippen molar-refractivity contribution in [3.05, 3.63) is 0 Å². The minimum absolute atomic E-state index is 0.00329. The molecule has 106 valence electrons. The molecule has 1 saturated heterocycles. The van der Waals surface area contributed by atoms with E-state index in [0.29, 0.717) is 6.04 Å². The first-order valence-electron chi connectivity index (χ1n) is 6.87. The van der Waals surface area contributed by atoms with Gasteiger partial charge >= 0.3 is 6.09 Å². The summed E-state index contributed by atoms with van der Waals surface area (Å²) in [5, 5.41) is 3.56. The van der Waals surface area contributed by atoms with E-state index in [-0.39, 0.29) is 11.6 Å². The van der Waals surface area contributed by atoms with Crippen molar-refractivity contribution in [3.63, 3.8) is 0 Å². The highest BCUT2D eigenvalue weighted by atomic mass is 16.6. The molecule has 1 heterocycles. The standard InChI is InChI=1S/C14H28N2O2/c1-11(2)15-14(6)8-7-9-16(10-14)12(17)18-13(3,4)5/h11,15H,7-10H2,1-6H3/t14-/m1/s1. The average Bonchev–Trinajstić information content (AvgIpc) is 2.12. The Morgan fingerprint density at radius 1 is 1.39 bits per heavy atom. The molecule has 1 aliphatic heterocycles. The van der Waals surface area contributed by atoms with Gasteiger partial charge in [0.1, 0.15) is 5.60 Å². The topological polar surface area (TPSA) is 41.6 Å². The number of rotatable bonds is 2. The summed E-state index contributed by atoms with van der Waals surface area (Å²) in [6, 6.07) is 0.425. The molecule has 1 amide bonds. The zero-order valence-corrected chi connectivity index (χ0v) is 12.7. The van der Waals surface area contributed by atoms with Gasteiger partial charge in [-0.05, 0) is 40.5 Å². The van der Waals surface area contributed by atoms with Gasteiger partial charge in [-0.1, -0.05) is 13.8 Å². The fourth-order valence-corrected chi connectivity index (χ4v) is 2.54. The van der Waals surface area contributed by atoms with Crippen LogP contribution in [-0.4, -0.2) is 41.3 Å². The highest BCUT2D eigenvalue weighted by molar-refractivity contribution is 5.68. The Balaban J connectivity index is 2.61. The van der Waals surface area contributed by atoms with Gasteiger partial charge in [0.2, 0.25) is 0 Å². The van der Waals surface area contributed by atoms with Crippen LogP contribution in [0.2, 0.25) is 0 Å². The lowest BCUT2D eigenvalue weighted by Gasteiger charge is -2.42. The molecular formula is C14H28N2O2. The Morgan fingerprint density at radius 3 is 2.50 bits per heavy atom. The van der Waals surface area contributed by atoms with Crippen molar-refractivity contribution in [2.75, 3.05) is 13.1 Å². The van der Waals surface area contributed by atoms with E-state index in [2.05, 4.69) is 26.1 Å². The van der Waals surface area contributed by atoms with Crippen LogP contribution in [0, 0.1) is 0 Å². The maximum Gasteiger partial charge on any atom is 0.410 e. The first kappa shape index (κ1) is 15.3. The molecule has 0 bridgehead atoms. The largest absolute Gasteiger partial charge is 0.444 e. The molecule has 0 radical (unpaired) electrons. The van der Waals surface area contributed by atoms with Crippen molar-refractivity contribution in [2.45, 2.75) is 71.6 Å². The molecule has 1 aliphatic rings. The molecule has 1 atom stereocenters. The Bertz CT molecular complexity index is 297. The van der Waals surface area contributed by atoms with E-state index in [1.54, 1.807) is 0 Å². The van der Waals surface area contributed by atoms with Crippen LogP contribution < -0.4 is 5.32 Å². The van der Waals surface area contributed by atoms with E-state index >= 15 is 0 Å². The van der Waals surface area contributed by atoms with Crippen LogP contribution in [0.3, 0.4) is 0 Å². The van der Waals surface area contributed by atoms with Gasteiger partial charge < -0.3 is 15.0 Å². The zero-order chi connectivity index (χ0) is 14.0. The minimum Gasteiger partial charge on any atom is -0.444 e. The van der Waals surface area contributed by atoms with Crippen molar-refractivity contribution < 1.29 is 9.53 Å². The predicted molar refractivity (Wildman–Crippen MR) is 73.7 cm³/mol. The third-order valence-electron chi connectivity index (χ3n) is 2.99. The summed E-state index contributed by atoms with van der Waals surface area (Å²) in [5.74, 6) is 0. The van der Waals surface area contributed by atoms with Gasteiger partial charge in [0, 0.05) is 24.7 Å². The highest BCUT2D eigenvalue weighted by Gasteiger charge is 2.34. The van der Waals surface area contributed by atoms with Crippen LogP contribution in [0.15, 0.2) is 0 Å².